The largest absolute Gasteiger partial charge is 0.395 e. The second kappa shape index (κ2) is 4.50. The minimum atomic E-state index is 0.317. The normalized spacial score (nSPS) is 38.6. The van der Waals surface area contributed by atoms with Crippen LogP contribution in [0, 0.1) is 11.3 Å². The van der Waals surface area contributed by atoms with Gasteiger partial charge in [-0.1, -0.05) is 15.9 Å². The van der Waals surface area contributed by atoms with Crippen LogP contribution in [0.25, 0.3) is 0 Å². The molecule has 3 heteroatoms. The van der Waals surface area contributed by atoms with Crippen molar-refractivity contribution in [2.45, 2.75) is 25.7 Å². The summed E-state index contributed by atoms with van der Waals surface area (Å²) in [5.74, 6) is 0.907. The Balaban J connectivity index is 1.87. The van der Waals surface area contributed by atoms with Gasteiger partial charge in [-0.2, -0.15) is 0 Å². The van der Waals surface area contributed by atoms with E-state index in [2.05, 4.69) is 20.8 Å². The lowest BCUT2D eigenvalue weighted by atomic mass is 9.85. The van der Waals surface area contributed by atoms with E-state index in [-0.39, 0.29) is 0 Å². The predicted molar refractivity (Wildman–Crippen MR) is 61.7 cm³/mol. The van der Waals surface area contributed by atoms with Gasteiger partial charge in [-0.15, -0.1) is 0 Å². The third kappa shape index (κ3) is 2.15. The van der Waals surface area contributed by atoms with Gasteiger partial charge in [0.05, 0.1) is 6.61 Å². The van der Waals surface area contributed by atoms with E-state index in [1.807, 2.05) is 0 Å². The van der Waals surface area contributed by atoms with Gasteiger partial charge in [0.2, 0.25) is 0 Å². The third-order valence-electron chi connectivity index (χ3n) is 3.96. The van der Waals surface area contributed by atoms with Gasteiger partial charge in [-0.05, 0) is 43.6 Å². The SMILES string of the molecule is OCCN1CCC2(CCC(CBr)C2)C1. The van der Waals surface area contributed by atoms with Crippen LogP contribution >= 0.6 is 15.9 Å². The fraction of sp³-hybridized carbons (Fsp3) is 1.00. The Hall–Kier alpha value is 0.400. The molecule has 2 unspecified atom stereocenters. The molecule has 0 aromatic heterocycles. The van der Waals surface area contributed by atoms with Crippen molar-refractivity contribution in [3.05, 3.63) is 0 Å². The van der Waals surface area contributed by atoms with Crippen LogP contribution in [0.3, 0.4) is 0 Å². The molecule has 1 aliphatic heterocycles. The second-order valence-electron chi connectivity index (χ2n) is 5.01. The molecule has 2 aliphatic rings. The van der Waals surface area contributed by atoms with E-state index in [4.69, 9.17) is 5.11 Å². The molecule has 1 saturated heterocycles. The number of aliphatic hydroxyl groups is 1. The first-order chi connectivity index (χ1) is 6.78. The summed E-state index contributed by atoms with van der Waals surface area (Å²) in [6.45, 7) is 3.63. The van der Waals surface area contributed by atoms with E-state index in [0.29, 0.717) is 12.0 Å². The van der Waals surface area contributed by atoms with Gasteiger partial charge in [0.1, 0.15) is 0 Å². The number of rotatable bonds is 3. The summed E-state index contributed by atoms with van der Waals surface area (Å²) in [7, 11) is 0. The molecule has 2 rings (SSSR count). The average Bonchev–Trinajstić information content (AvgIpc) is 2.76. The Morgan fingerprint density at radius 1 is 1.43 bits per heavy atom. The maximum atomic E-state index is 8.91. The van der Waals surface area contributed by atoms with Crippen LogP contribution in [0.15, 0.2) is 0 Å². The molecule has 0 bridgehead atoms. The van der Waals surface area contributed by atoms with E-state index in [1.165, 1.54) is 44.1 Å². The molecule has 14 heavy (non-hydrogen) atoms. The molecule has 1 heterocycles. The van der Waals surface area contributed by atoms with Gasteiger partial charge in [-0.25, -0.2) is 0 Å². The average molecular weight is 262 g/mol. The van der Waals surface area contributed by atoms with Crippen LogP contribution in [0.5, 0.6) is 0 Å². The van der Waals surface area contributed by atoms with Crippen molar-refractivity contribution in [3.8, 4) is 0 Å². The Morgan fingerprint density at radius 3 is 2.93 bits per heavy atom. The molecule has 1 saturated carbocycles. The standard InChI is InChI=1S/C11H20BrNO/c12-8-10-1-2-11(7-10)3-4-13(9-11)5-6-14/h10,14H,1-9H2. The summed E-state index contributed by atoms with van der Waals surface area (Å²) in [5, 5.41) is 10.1. The first kappa shape index (κ1) is 10.9. The van der Waals surface area contributed by atoms with Gasteiger partial charge in [0.15, 0.2) is 0 Å². The highest BCUT2D eigenvalue weighted by molar-refractivity contribution is 9.09. The summed E-state index contributed by atoms with van der Waals surface area (Å²) < 4.78 is 0. The van der Waals surface area contributed by atoms with Crippen molar-refractivity contribution in [1.82, 2.24) is 4.90 Å². The fourth-order valence-corrected chi connectivity index (χ4v) is 3.74. The smallest absolute Gasteiger partial charge is 0.0558 e. The van der Waals surface area contributed by atoms with Gasteiger partial charge >= 0.3 is 0 Å². The lowest BCUT2D eigenvalue weighted by Crippen LogP contribution is -2.27. The number of hydrogen-bond donors (Lipinski definition) is 1. The number of β-amino-alcohol motifs (C(OH)–C–C–N with tert-alkyl or cyclic N) is 1. The zero-order chi connectivity index (χ0) is 10.0. The minimum absolute atomic E-state index is 0.317. The van der Waals surface area contributed by atoms with Crippen LogP contribution in [-0.4, -0.2) is 41.6 Å². The van der Waals surface area contributed by atoms with Gasteiger partial charge in [0, 0.05) is 18.4 Å². The molecule has 2 atom stereocenters. The molecule has 0 aromatic rings. The molecule has 1 aliphatic carbocycles. The Labute approximate surface area is 94.8 Å². The summed E-state index contributed by atoms with van der Waals surface area (Å²) in [5.41, 5.74) is 0.619. The van der Waals surface area contributed by atoms with Crippen LogP contribution in [-0.2, 0) is 0 Å². The van der Waals surface area contributed by atoms with Crippen molar-refractivity contribution < 1.29 is 5.11 Å². The number of halogens is 1. The number of alkyl halides is 1. The summed E-state index contributed by atoms with van der Waals surface area (Å²) in [4.78, 5) is 2.43. The van der Waals surface area contributed by atoms with E-state index >= 15 is 0 Å². The van der Waals surface area contributed by atoms with Crippen LogP contribution in [0.1, 0.15) is 25.7 Å². The first-order valence-corrected chi connectivity index (χ1v) is 6.79. The summed E-state index contributed by atoms with van der Waals surface area (Å²) in [6.07, 6.45) is 5.57. The van der Waals surface area contributed by atoms with Crippen molar-refractivity contribution in [3.63, 3.8) is 0 Å². The first-order valence-electron chi connectivity index (χ1n) is 5.67. The highest BCUT2D eigenvalue weighted by Crippen LogP contribution is 2.48. The molecular weight excluding hydrogens is 242 g/mol. The van der Waals surface area contributed by atoms with E-state index in [9.17, 15) is 0 Å². The molecule has 2 nitrogen and oxygen atoms in total. The Bertz CT molecular complexity index is 200. The zero-order valence-electron chi connectivity index (χ0n) is 8.71. The molecule has 1 spiro atoms. The Morgan fingerprint density at radius 2 is 2.29 bits per heavy atom. The third-order valence-corrected chi connectivity index (χ3v) is 4.87. The molecule has 0 aromatic carbocycles. The van der Waals surface area contributed by atoms with E-state index < -0.39 is 0 Å². The van der Waals surface area contributed by atoms with Crippen molar-refractivity contribution in [2.75, 3.05) is 31.6 Å². The van der Waals surface area contributed by atoms with Crippen LogP contribution in [0.4, 0.5) is 0 Å². The van der Waals surface area contributed by atoms with E-state index in [0.717, 1.165) is 12.5 Å². The molecule has 2 fully saturated rings. The maximum absolute atomic E-state index is 8.91. The topological polar surface area (TPSA) is 23.5 Å². The maximum Gasteiger partial charge on any atom is 0.0558 e. The number of aliphatic hydroxyl groups excluding tert-OH is 1. The second-order valence-corrected chi connectivity index (χ2v) is 5.66. The minimum Gasteiger partial charge on any atom is -0.395 e. The van der Waals surface area contributed by atoms with Crippen molar-refractivity contribution in [1.29, 1.82) is 0 Å². The predicted octanol–water partition coefficient (Wildman–Crippen LogP) is 1.87. The quantitative estimate of drug-likeness (QED) is 0.785. The molecular formula is C11H20BrNO. The number of likely N-dealkylation sites (tertiary alicyclic amines) is 1. The monoisotopic (exact) mass is 261 g/mol. The highest BCUT2D eigenvalue weighted by atomic mass is 79.9. The van der Waals surface area contributed by atoms with Gasteiger partial charge in [-0.3, -0.25) is 0 Å². The van der Waals surface area contributed by atoms with Crippen molar-refractivity contribution in [2.24, 2.45) is 11.3 Å². The fourth-order valence-electron chi connectivity index (χ4n) is 3.19. The van der Waals surface area contributed by atoms with Gasteiger partial charge in [0.25, 0.3) is 0 Å². The lowest BCUT2D eigenvalue weighted by molar-refractivity contribution is 0.199. The highest BCUT2D eigenvalue weighted by Gasteiger charge is 2.43. The number of hydrogen-bond acceptors (Lipinski definition) is 2. The van der Waals surface area contributed by atoms with Crippen molar-refractivity contribution >= 4 is 15.9 Å². The van der Waals surface area contributed by atoms with Gasteiger partial charge < -0.3 is 10.0 Å². The summed E-state index contributed by atoms with van der Waals surface area (Å²) in [6, 6.07) is 0. The molecule has 0 radical (unpaired) electrons. The van der Waals surface area contributed by atoms with Crippen LogP contribution < -0.4 is 0 Å². The summed E-state index contributed by atoms with van der Waals surface area (Å²) >= 11 is 3.60. The zero-order valence-corrected chi connectivity index (χ0v) is 10.3. The molecule has 1 N–H and O–H groups in total. The van der Waals surface area contributed by atoms with Crippen LogP contribution in [0.2, 0.25) is 0 Å². The number of nitrogens with zero attached hydrogens (tertiary/aromatic N) is 1. The van der Waals surface area contributed by atoms with E-state index in [1.54, 1.807) is 0 Å². The molecule has 0 amide bonds. The lowest BCUT2D eigenvalue weighted by Gasteiger charge is -2.23. The molecule has 82 valence electrons. The Kier molecular flexibility index (Phi) is 3.50.